The highest BCUT2D eigenvalue weighted by Gasteiger charge is 2.26. The maximum Gasteiger partial charge on any atom is 0.149 e. The van der Waals surface area contributed by atoms with Crippen molar-refractivity contribution in [3.63, 3.8) is 0 Å². The molecule has 4 aromatic carbocycles. The quantitative estimate of drug-likeness (QED) is 0.247. The molecule has 0 saturated heterocycles. The van der Waals surface area contributed by atoms with E-state index >= 15 is 0 Å². The molecule has 0 unspecified atom stereocenters. The van der Waals surface area contributed by atoms with Crippen LogP contribution in [0.5, 0.6) is 0 Å². The van der Waals surface area contributed by atoms with Crippen LogP contribution in [0.15, 0.2) is 114 Å². The van der Waals surface area contributed by atoms with Gasteiger partial charge >= 0.3 is 0 Å². The van der Waals surface area contributed by atoms with Gasteiger partial charge in [0, 0.05) is 28.1 Å². The molecule has 0 radical (unpaired) electrons. The highest BCUT2D eigenvalue weighted by molar-refractivity contribution is 6.10. The van der Waals surface area contributed by atoms with Crippen molar-refractivity contribution in [1.29, 1.82) is 0 Å². The summed E-state index contributed by atoms with van der Waals surface area (Å²) in [6, 6.07) is 35.6. The van der Waals surface area contributed by atoms with Gasteiger partial charge in [-0.05, 0) is 47.5 Å². The van der Waals surface area contributed by atoms with Crippen molar-refractivity contribution in [2.24, 2.45) is 0 Å². The second-order valence-corrected chi connectivity index (χ2v) is 10.7. The summed E-state index contributed by atoms with van der Waals surface area (Å²) in [5.74, 6) is 0.845. The second kappa shape index (κ2) is 8.42. The molecule has 0 aliphatic carbocycles. The van der Waals surface area contributed by atoms with E-state index in [-0.39, 0.29) is 5.41 Å². The number of hydrogen-bond acceptors (Lipinski definition) is 3. The van der Waals surface area contributed by atoms with Crippen LogP contribution in [0.25, 0.3) is 61.2 Å². The number of nitrogens with zero attached hydrogens (tertiary/aromatic N) is 3. The lowest BCUT2D eigenvalue weighted by molar-refractivity contribution is 0.573. The van der Waals surface area contributed by atoms with E-state index in [9.17, 15) is 0 Å². The molecule has 4 heteroatoms. The number of para-hydroxylation sites is 2. The Bertz CT molecular complexity index is 1940. The zero-order valence-corrected chi connectivity index (χ0v) is 21.6. The first-order valence-electron chi connectivity index (χ1n) is 12.9. The first-order chi connectivity index (χ1) is 18.5. The van der Waals surface area contributed by atoms with Gasteiger partial charge in [-0.25, -0.2) is 4.98 Å². The van der Waals surface area contributed by atoms with E-state index in [1.54, 1.807) is 0 Å². The summed E-state index contributed by atoms with van der Waals surface area (Å²) in [7, 11) is 0. The average Bonchev–Trinajstić information content (AvgIpc) is 3.51. The van der Waals surface area contributed by atoms with Crippen molar-refractivity contribution in [3.05, 3.63) is 115 Å². The van der Waals surface area contributed by atoms with Crippen LogP contribution in [-0.4, -0.2) is 14.5 Å². The lowest BCUT2D eigenvalue weighted by atomic mass is 9.90. The van der Waals surface area contributed by atoms with Crippen molar-refractivity contribution in [2.45, 2.75) is 26.2 Å². The van der Waals surface area contributed by atoms with Crippen molar-refractivity contribution < 1.29 is 4.42 Å². The number of benzene rings is 4. The molecule has 4 nitrogen and oxygen atoms in total. The summed E-state index contributed by atoms with van der Waals surface area (Å²) in [6.07, 6.45) is 1.86. The molecule has 7 aromatic rings. The SMILES string of the molecule is CC(C)(C)c1nccc2nc(-c3cccc4c3oc3cc(-c5ccccc5)ccc34)n(-c3ccccc3)c12. The summed E-state index contributed by atoms with van der Waals surface area (Å²) in [4.78, 5) is 10.0. The van der Waals surface area contributed by atoms with Gasteiger partial charge in [0.05, 0.1) is 22.3 Å². The fourth-order valence-electron chi connectivity index (χ4n) is 5.37. The molecule has 0 atom stereocenters. The molecule has 7 rings (SSSR count). The summed E-state index contributed by atoms with van der Waals surface area (Å²) in [6.45, 7) is 6.59. The number of hydrogen-bond donors (Lipinski definition) is 0. The van der Waals surface area contributed by atoms with Crippen molar-refractivity contribution >= 4 is 33.0 Å². The molecule has 184 valence electrons. The second-order valence-electron chi connectivity index (χ2n) is 10.7. The Morgan fingerprint density at radius 1 is 0.711 bits per heavy atom. The number of imidazole rings is 1. The van der Waals surface area contributed by atoms with Gasteiger partial charge in [-0.15, -0.1) is 0 Å². The van der Waals surface area contributed by atoms with Gasteiger partial charge in [0.25, 0.3) is 0 Å². The van der Waals surface area contributed by atoms with E-state index in [0.29, 0.717) is 0 Å². The minimum Gasteiger partial charge on any atom is -0.455 e. The number of rotatable bonds is 3. The Kier molecular flexibility index (Phi) is 4.98. The summed E-state index contributed by atoms with van der Waals surface area (Å²) in [5, 5.41) is 2.18. The highest BCUT2D eigenvalue weighted by atomic mass is 16.3. The lowest BCUT2D eigenvalue weighted by Gasteiger charge is -2.20. The number of fused-ring (bicyclic) bond motifs is 4. The van der Waals surface area contributed by atoms with E-state index in [4.69, 9.17) is 14.4 Å². The standard InChI is InChI=1S/C34H27N3O/c1-34(2,3)32-30-28(19-20-35-32)36-33(37(30)24-13-8-5-9-14-24)27-16-10-15-26-25-18-17-23(21-29(25)38-31(26)27)22-11-6-4-7-12-22/h4-21H,1-3H3. The molecule has 0 fully saturated rings. The Balaban J connectivity index is 1.53. The molecule has 0 aliphatic rings. The van der Waals surface area contributed by atoms with Gasteiger partial charge in [-0.3, -0.25) is 9.55 Å². The molecule has 38 heavy (non-hydrogen) atoms. The molecule has 0 aliphatic heterocycles. The third kappa shape index (κ3) is 3.52. The summed E-state index contributed by atoms with van der Waals surface area (Å²) >= 11 is 0. The van der Waals surface area contributed by atoms with Crippen LogP contribution in [0.3, 0.4) is 0 Å². The van der Waals surface area contributed by atoms with Crippen LogP contribution >= 0.6 is 0 Å². The molecule has 3 heterocycles. The monoisotopic (exact) mass is 493 g/mol. The molecule has 0 amide bonds. The Labute approximate surface area is 221 Å². The Morgan fingerprint density at radius 3 is 2.24 bits per heavy atom. The predicted octanol–water partition coefficient (Wildman–Crippen LogP) is 8.95. The van der Waals surface area contributed by atoms with E-state index in [1.807, 2.05) is 24.4 Å². The normalized spacial score (nSPS) is 12.1. The van der Waals surface area contributed by atoms with Gasteiger partial charge < -0.3 is 4.42 Å². The van der Waals surface area contributed by atoms with E-state index in [2.05, 4.69) is 110 Å². The fraction of sp³-hybridized carbons (Fsp3) is 0.118. The number of furan rings is 1. The minimum atomic E-state index is -0.150. The maximum absolute atomic E-state index is 6.62. The van der Waals surface area contributed by atoms with Crippen LogP contribution in [0.1, 0.15) is 26.5 Å². The van der Waals surface area contributed by atoms with Crippen LogP contribution < -0.4 is 0 Å². The fourth-order valence-corrected chi connectivity index (χ4v) is 5.37. The minimum absolute atomic E-state index is 0.150. The Hall–Kier alpha value is -4.70. The average molecular weight is 494 g/mol. The molecule has 0 saturated carbocycles. The molecule has 0 N–H and O–H groups in total. The molecular weight excluding hydrogens is 466 g/mol. The van der Waals surface area contributed by atoms with Gasteiger partial charge in [-0.1, -0.05) is 87.5 Å². The molecule has 3 aromatic heterocycles. The zero-order valence-electron chi connectivity index (χ0n) is 21.6. The smallest absolute Gasteiger partial charge is 0.149 e. The maximum atomic E-state index is 6.62. The highest BCUT2D eigenvalue weighted by Crippen LogP contribution is 2.40. The molecule has 0 spiro atoms. The van der Waals surface area contributed by atoms with Crippen LogP contribution in [0, 0.1) is 0 Å². The first-order valence-corrected chi connectivity index (χ1v) is 12.9. The number of pyridine rings is 1. The predicted molar refractivity (Wildman–Crippen MR) is 156 cm³/mol. The van der Waals surface area contributed by atoms with Crippen molar-refractivity contribution in [2.75, 3.05) is 0 Å². The molecule has 0 bridgehead atoms. The van der Waals surface area contributed by atoms with Gasteiger partial charge in [0.15, 0.2) is 0 Å². The van der Waals surface area contributed by atoms with Gasteiger partial charge in [0.2, 0.25) is 0 Å². The summed E-state index contributed by atoms with van der Waals surface area (Å²) < 4.78 is 8.85. The third-order valence-electron chi connectivity index (χ3n) is 7.14. The number of aromatic nitrogens is 3. The summed E-state index contributed by atoms with van der Waals surface area (Å²) in [5.41, 5.74) is 8.83. The van der Waals surface area contributed by atoms with Gasteiger partial charge in [0.1, 0.15) is 17.0 Å². The van der Waals surface area contributed by atoms with Crippen molar-refractivity contribution in [3.8, 4) is 28.2 Å². The van der Waals surface area contributed by atoms with Gasteiger partial charge in [-0.2, -0.15) is 0 Å². The van der Waals surface area contributed by atoms with E-state index < -0.39 is 0 Å². The molecular formula is C34H27N3O. The first kappa shape index (κ1) is 22.5. The zero-order chi connectivity index (χ0) is 25.9. The lowest BCUT2D eigenvalue weighted by Crippen LogP contribution is -2.15. The third-order valence-corrected chi connectivity index (χ3v) is 7.14. The van der Waals surface area contributed by atoms with Crippen LogP contribution in [0.4, 0.5) is 0 Å². The van der Waals surface area contributed by atoms with E-state index in [1.165, 1.54) is 5.56 Å². The largest absolute Gasteiger partial charge is 0.455 e. The van der Waals surface area contributed by atoms with Crippen molar-refractivity contribution in [1.82, 2.24) is 14.5 Å². The topological polar surface area (TPSA) is 43.9 Å². The Morgan fingerprint density at radius 2 is 1.47 bits per heavy atom. The van der Waals surface area contributed by atoms with Crippen LogP contribution in [-0.2, 0) is 5.41 Å². The van der Waals surface area contributed by atoms with E-state index in [0.717, 1.165) is 61.3 Å². The van der Waals surface area contributed by atoms with Crippen LogP contribution in [0.2, 0.25) is 0 Å².